The number of benzene rings is 2. The molecule has 0 atom stereocenters. The van der Waals surface area contributed by atoms with Gasteiger partial charge in [-0.3, -0.25) is 0 Å². The molecule has 1 aromatic heterocycles. The van der Waals surface area contributed by atoms with E-state index in [-0.39, 0.29) is 0 Å². The van der Waals surface area contributed by atoms with E-state index >= 15 is 0 Å². The van der Waals surface area contributed by atoms with Crippen molar-refractivity contribution in [2.45, 2.75) is 13.2 Å². The molecule has 3 nitrogen and oxygen atoms in total. The highest BCUT2D eigenvalue weighted by atomic mass is 35.5. The maximum absolute atomic E-state index is 6.10. The molecule has 0 spiro atoms. The predicted molar refractivity (Wildman–Crippen MR) is 86.6 cm³/mol. The highest BCUT2D eigenvalue weighted by Crippen LogP contribution is 2.26. The van der Waals surface area contributed by atoms with E-state index in [9.17, 15) is 0 Å². The first-order valence-electron chi connectivity index (χ1n) is 6.83. The van der Waals surface area contributed by atoms with Crippen LogP contribution in [0, 0.1) is 0 Å². The quantitative estimate of drug-likeness (QED) is 0.794. The van der Waals surface area contributed by atoms with Gasteiger partial charge in [-0.05, 0) is 35.2 Å². The molecule has 0 radical (unpaired) electrons. The van der Waals surface area contributed by atoms with Gasteiger partial charge < -0.3 is 15.0 Å². The number of para-hydroxylation sites is 1. The molecule has 3 rings (SSSR count). The van der Waals surface area contributed by atoms with Gasteiger partial charge in [0.05, 0.1) is 10.7 Å². The van der Waals surface area contributed by atoms with Gasteiger partial charge >= 0.3 is 0 Å². The average molecular weight is 301 g/mol. The van der Waals surface area contributed by atoms with Gasteiger partial charge in [0.25, 0.3) is 0 Å². The molecule has 0 aliphatic heterocycles. The lowest BCUT2D eigenvalue weighted by molar-refractivity contribution is 0.298. The largest absolute Gasteiger partial charge is 0.486 e. The highest BCUT2D eigenvalue weighted by Gasteiger charge is 2.08. The third-order valence-electron chi connectivity index (χ3n) is 3.66. The summed E-state index contributed by atoms with van der Waals surface area (Å²) in [5.41, 5.74) is 9.09. The fraction of sp³-hybridized carbons (Fsp3) is 0.176. The average Bonchev–Trinajstić information content (AvgIpc) is 2.82. The summed E-state index contributed by atoms with van der Waals surface area (Å²) in [6.45, 7) is 1.03. The van der Waals surface area contributed by atoms with Crippen LogP contribution in [-0.2, 0) is 20.2 Å². The molecule has 2 N–H and O–H groups in total. The molecule has 0 saturated heterocycles. The van der Waals surface area contributed by atoms with Crippen LogP contribution >= 0.6 is 11.6 Å². The van der Waals surface area contributed by atoms with E-state index in [1.807, 2.05) is 31.3 Å². The van der Waals surface area contributed by atoms with E-state index in [1.165, 1.54) is 5.39 Å². The Morgan fingerprint density at radius 3 is 2.71 bits per heavy atom. The Morgan fingerprint density at radius 1 is 1.14 bits per heavy atom. The monoisotopic (exact) mass is 300 g/mol. The summed E-state index contributed by atoms with van der Waals surface area (Å²) >= 11 is 6.10. The molecule has 1 heterocycles. The van der Waals surface area contributed by atoms with E-state index in [1.54, 1.807) is 0 Å². The van der Waals surface area contributed by atoms with Crippen LogP contribution in [0.15, 0.2) is 48.5 Å². The summed E-state index contributed by atoms with van der Waals surface area (Å²) in [4.78, 5) is 0. The van der Waals surface area contributed by atoms with Crippen molar-refractivity contribution in [3.63, 3.8) is 0 Å². The van der Waals surface area contributed by atoms with Crippen molar-refractivity contribution in [2.75, 3.05) is 0 Å². The van der Waals surface area contributed by atoms with Crippen molar-refractivity contribution < 1.29 is 4.74 Å². The molecule has 4 heteroatoms. The van der Waals surface area contributed by atoms with E-state index in [2.05, 4.69) is 28.8 Å². The smallest absolute Gasteiger partial charge is 0.138 e. The Kier molecular flexibility index (Phi) is 3.86. The summed E-state index contributed by atoms with van der Waals surface area (Å²) in [6, 6.07) is 15.9. The van der Waals surface area contributed by atoms with E-state index < -0.39 is 0 Å². The number of aromatic nitrogens is 1. The Morgan fingerprint density at radius 2 is 1.95 bits per heavy atom. The van der Waals surface area contributed by atoms with Gasteiger partial charge in [0.1, 0.15) is 12.4 Å². The molecule has 0 amide bonds. The summed E-state index contributed by atoms with van der Waals surface area (Å²) in [5, 5.41) is 1.81. The first kappa shape index (κ1) is 14.0. The lowest BCUT2D eigenvalue weighted by atomic mass is 10.1. The lowest BCUT2D eigenvalue weighted by Gasteiger charge is -2.09. The second kappa shape index (κ2) is 5.80. The lowest BCUT2D eigenvalue weighted by Crippen LogP contribution is -2.02. The van der Waals surface area contributed by atoms with Crippen molar-refractivity contribution in [3.05, 3.63) is 64.8 Å². The van der Waals surface area contributed by atoms with Crippen LogP contribution in [0.4, 0.5) is 0 Å². The third-order valence-corrected chi connectivity index (χ3v) is 3.97. The van der Waals surface area contributed by atoms with Crippen LogP contribution in [0.25, 0.3) is 10.9 Å². The normalized spacial score (nSPS) is 11.0. The van der Waals surface area contributed by atoms with Crippen LogP contribution in [-0.4, -0.2) is 4.57 Å². The first-order chi connectivity index (χ1) is 10.2. The fourth-order valence-electron chi connectivity index (χ4n) is 2.41. The maximum Gasteiger partial charge on any atom is 0.138 e. The molecular formula is C17H17ClN2O. The molecule has 21 heavy (non-hydrogen) atoms. The molecule has 0 fully saturated rings. The van der Waals surface area contributed by atoms with Crippen LogP contribution in [0.2, 0.25) is 5.02 Å². The minimum Gasteiger partial charge on any atom is -0.486 e. The zero-order valence-corrected chi connectivity index (χ0v) is 12.6. The molecule has 0 unspecified atom stereocenters. The zero-order valence-electron chi connectivity index (χ0n) is 11.8. The van der Waals surface area contributed by atoms with Crippen molar-refractivity contribution in [1.82, 2.24) is 4.57 Å². The highest BCUT2D eigenvalue weighted by molar-refractivity contribution is 6.32. The molecule has 108 valence electrons. The Balaban J connectivity index is 1.87. The summed E-state index contributed by atoms with van der Waals surface area (Å²) in [5.74, 6) is 0.701. The van der Waals surface area contributed by atoms with Gasteiger partial charge in [-0.15, -0.1) is 0 Å². The third kappa shape index (κ3) is 2.75. The number of hydrogen-bond acceptors (Lipinski definition) is 2. The molecule has 3 aromatic rings. The predicted octanol–water partition coefficient (Wildman–Crippen LogP) is 3.87. The minimum absolute atomic E-state index is 0.479. The SMILES string of the molecule is Cn1c(COc2ccccc2Cl)cc2ccc(CN)cc21. The molecular weight excluding hydrogens is 284 g/mol. The van der Waals surface area contributed by atoms with Crippen LogP contribution in [0.5, 0.6) is 5.75 Å². The molecule has 0 aliphatic carbocycles. The number of fused-ring (bicyclic) bond motifs is 1. The number of halogens is 1. The Labute approximate surface area is 128 Å². The minimum atomic E-state index is 0.479. The second-order valence-electron chi connectivity index (χ2n) is 5.01. The standard InChI is InChI=1S/C17H17ClN2O/c1-20-14(11-21-17-5-3-2-4-15(17)18)9-13-7-6-12(10-19)8-16(13)20/h2-9H,10-11,19H2,1H3. The summed E-state index contributed by atoms with van der Waals surface area (Å²) in [7, 11) is 2.04. The van der Waals surface area contributed by atoms with Crippen LogP contribution < -0.4 is 10.5 Å². The van der Waals surface area contributed by atoms with Crippen molar-refractivity contribution in [3.8, 4) is 5.75 Å². The van der Waals surface area contributed by atoms with Gasteiger partial charge in [-0.1, -0.05) is 35.9 Å². The van der Waals surface area contributed by atoms with Gasteiger partial charge in [-0.25, -0.2) is 0 Å². The number of nitrogens with zero attached hydrogens (tertiary/aromatic N) is 1. The van der Waals surface area contributed by atoms with Gasteiger partial charge in [-0.2, -0.15) is 0 Å². The van der Waals surface area contributed by atoms with Crippen molar-refractivity contribution in [1.29, 1.82) is 0 Å². The Hall–Kier alpha value is -1.97. The zero-order chi connectivity index (χ0) is 14.8. The first-order valence-corrected chi connectivity index (χ1v) is 7.21. The number of ether oxygens (including phenoxy) is 1. The van der Waals surface area contributed by atoms with Crippen LogP contribution in [0.3, 0.4) is 0 Å². The van der Waals surface area contributed by atoms with E-state index in [0.29, 0.717) is 23.9 Å². The van der Waals surface area contributed by atoms with Gasteiger partial charge in [0.2, 0.25) is 0 Å². The molecule has 2 aromatic carbocycles. The number of aryl methyl sites for hydroxylation is 1. The van der Waals surface area contributed by atoms with Crippen molar-refractivity contribution in [2.24, 2.45) is 12.8 Å². The summed E-state index contributed by atoms with van der Waals surface area (Å²) < 4.78 is 7.94. The Bertz CT molecular complexity index is 780. The second-order valence-corrected chi connectivity index (χ2v) is 5.42. The topological polar surface area (TPSA) is 40.2 Å². The van der Waals surface area contributed by atoms with Crippen LogP contribution in [0.1, 0.15) is 11.3 Å². The number of rotatable bonds is 4. The molecule has 0 aliphatic rings. The van der Waals surface area contributed by atoms with Crippen molar-refractivity contribution >= 4 is 22.5 Å². The number of nitrogens with two attached hydrogens (primary N) is 1. The fourth-order valence-corrected chi connectivity index (χ4v) is 2.60. The van der Waals surface area contributed by atoms with E-state index in [0.717, 1.165) is 16.8 Å². The van der Waals surface area contributed by atoms with E-state index in [4.69, 9.17) is 22.1 Å². The molecule has 0 saturated carbocycles. The maximum atomic E-state index is 6.10. The molecule has 0 bridgehead atoms. The number of hydrogen-bond donors (Lipinski definition) is 1. The van der Waals surface area contributed by atoms with Gasteiger partial charge in [0, 0.05) is 19.1 Å². The summed E-state index contributed by atoms with van der Waals surface area (Å²) in [6.07, 6.45) is 0. The van der Waals surface area contributed by atoms with Gasteiger partial charge in [0.15, 0.2) is 0 Å².